The number of aromatic nitrogens is 2. The number of nitrogens with zero attached hydrogens (tertiary/aromatic N) is 3. The third kappa shape index (κ3) is 3.94. The lowest BCUT2D eigenvalue weighted by molar-refractivity contribution is 0.222. The largest absolute Gasteiger partial charge is 0.493 e. The lowest BCUT2D eigenvalue weighted by Gasteiger charge is -2.32. The van der Waals surface area contributed by atoms with Crippen molar-refractivity contribution >= 4 is 21.7 Å². The van der Waals surface area contributed by atoms with E-state index in [9.17, 15) is 0 Å². The van der Waals surface area contributed by atoms with Crippen LogP contribution < -0.4 is 9.64 Å². The highest BCUT2D eigenvalue weighted by atomic mass is 79.9. The molecule has 110 valence electrons. The molecule has 0 radical (unpaired) electrons. The predicted molar refractivity (Wildman–Crippen MR) is 86.6 cm³/mol. The smallest absolute Gasteiger partial charge is 0.128 e. The third-order valence-corrected chi connectivity index (χ3v) is 4.25. The molecular weight excluding hydrogens is 330 g/mol. The van der Waals surface area contributed by atoms with Crippen molar-refractivity contribution in [2.75, 3.05) is 24.6 Å². The molecule has 1 saturated heterocycles. The molecule has 2 aromatic rings. The van der Waals surface area contributed by atoms with Gasteiger partial charge in [0.05, 0.1) is 6.61 Å². The lowest BCUT2D eigenvalue weighted by atomic mass is 9.98. The molecular formula is C16H18BrN3O. The number of hydrogen-bond acceptors (Lipinski definition) is 4. The van der Waals surface area contributed by atoms with E-state index < -0.39 is 0 Å². The lowest BCUT2D eigenvalue weighted by Crippen LogP contribution is -2.36. The van der Waals surface area contributed by atoms with Crippen LogP contribution in [-0.2, 0) is 0 Å². The Kier molecular flexibility index (Phi) is 4.70. The summed E-state index contributed by atoms with van der Waals surface area (Å²) in [5.41, 5.74) is 0. The van der Waals surface area contributed by atoms with Crippen molar-refractivity contribution in [3.8, 4) is 5.75 Å². The second-order valence-corrected chi connectivity index (χ2v) is 6.17. The van der Waals surface area contributed by atoms with Crippen LogP contribution in [0.2, 0.25) is 0 Å². The molecule has 1 aliphatic rings. The van der Waals surface area contributed by atoms with E-state index in [4.69, 9.17) is 4.74 Å². The van der Waals surface area contributed by atoms with Crippen molar-refractivity contribution in [1.29, 1.82) is 0 Å². The maximum atomic E-state index is 5.82. The summed E-state index contributed by atoms with van der Waals surface area (Å²) in [6, 6.07) is 7.92. The Bertz CT molecular complexity index is 553. The van der Waals surface area contributed by atoms with Crippen LogP contribution in [0.4, 0.5) is 5.82 Å². The number of ether oxygens (including phenoxy) is 1. The van der Waals surface area contributed by atoms with Crippen LogP contribution in [0.5, 0.6) is 5.75 Å². The van der Waals surface area contributed by atoms with E-state index in [0.717, 1.165) is 48.6 Å². The first-order chi connectivity index (χ1) is 10.3. The van der Waals surface area contributed by atoms with Gasteiger partial charge in [-0.2, -0.15) is 0 Å². The second kappa shape index (κ2) is 6.89. The zero-order chi connectivity index (χ0) is 14.5. The van der Waals surface area contributed by atoms with Crippen LogP contribution in [0, 0.1) is 5.92 Å². The molecule has 2 aromatic heterocycles. The Morgan fingerprint density at radius 1 is 1.14 bits per heavy atom. The topological polar surface area (TPSA) is 38.2 Å². The summed E-state index contributed by atoms with van der Waals surface area (Å²) in [6.07, 6.45) is 7.66. The van der Waals surface area contributed by atoms with E-state index in [1.807, 2.05) is 24.4 Å². The zero-order valence-electron chi connectivity index (χ0n) is 11.8. The van der Waals surface area contributed by atoms with Crippen LogP contribution in [0.25, 0.3) is 0 Å². The minimum absolute atomic E-state index is 0.616. The number of hydrogen-bond donors (Lipinski definition) is 0. The van der Waals surface area contributed by atoms with Gasteiger partial charge in [0.2, 0.25) is 0 Å². The van der Waals surface area contributed by atoms with Crippen LogP contribution >= 0.6 is 15.9 Å². The molecule has 4 nitrogen and oxygen atoms in total. The van der Waals surface area contributed by atoms with Crippen molar-refractivity contribution in [2.45, 2.75) is 12.8 Å². The molecule has 0 amide bonds. The standard InChI is InChI=1S/C16H18BrN3O/c17-14-1-2-16(19-11-14)20-9-5-13(6-10-20)12-21-15-3-7-18-8-4-15/h1-4,7-8,11,13H,5-6,9-10,12H2. The quantitative estimate of drug-likeness (QED) is 0.847. The number of rotatable bonds is 4. The third-order valence-electron chi connectivity index (χ3n) is 3.79. The Hall–Kier alpha value is -1.62. The molecule has 21 heavy (non-hydrogen) atoms. The fourth-order valence-corrected chi connectivity index (χ4v) is 2.77. The van der Waals surface area contributed by atoms with E-state index in [1.54, 1.807) is 12.4 Å². The molecule has 3 heterocycles. The molecule has 0 atom stereocenters. The van der Waals surface area contributed by atoms with Gasteiger partial charge in [-0.1, -0.05) is 0 Å². The predicted octanol–water partition coefficient (Wildman–Crippen LogP) is 3.53. The van der Waals surface area contributed by atoms with E-state index in [-0.39, 0.29) is 0 Å². The van der Waals surface area contributed by atoms with Crippen LogP contribution in [0.1, 0.15) is 12.8 Å². The summed E-state index contributed by atoms with van der Waals surface area (Å²) in [4.78, 5) is 10.8. The normalized spacial score (nSPS) is 16.0. The summed E-state index contributed by atoms with van der Waals surface area (Å²) in [5, 5.41) is 0. The van der Waals surface area contributed by atoms with Gasteiger partial charge in [0.1, 0.15) is 11.6 Å². The monoisotopic (exact) mass is 347 g/mol. The summed E-state index contributed by atoms with van der Waals surface area (Å²) in [5.74, 6) is 2.58. The van der Waals surface area contributed by atoms with Crippen LogP contribution in [0.3, 0.4) is 0 Å². The average molecular weight is 348 g/mol. The Balaban J connectivity index is 1.48. The highest BCUT2D eigenvalue weighted by Crippen LogP contribution is 2.23. The molecule has 0 spiro atoms. The van der Waals surface area contributed by atoms with Crippen LogP contribution in [-0.4, -0.2) is 29.7 Å². The fraction of sp³-hybridized carbons (Fsp3) is 0.375. The molecule has 0 N–H and O–H groups in total. The summed E-state index contributed by atoms with van der Waals surface area (Å²) in [7, 11) is 0. The second-order valence-electron chi connectivity index (χ2n) is 5.26. The van der Waals surface area contributed by atoms with E-state index in [1.165, 1.54) is 0 Å². The highest BCUT2D eigenvalue weighted by Gasteiger charge is 2.20. The van der Waals surface area contributed by atoms with E-state index in [0.29, 0.717) is 5.92 Å². The van der Waals surface area contributed by atoms with Crippen molar-refractivity contribution in [1.82, 2.24) is 9.97 Å². The van der Waals surface area contributed by atoms with Crippen LogP contribution in [0.15, 0.2) is 47.3 Å². The van der Waals surface area contributed by atoms with Gasteiger partial charge in [0.15, 0.2) is 0 Å². The molecule has 1 aliphatic heterocycles. The zero-order valence-corrected chi connectivity index (χ0v) is 13.4. The van der Waals surface area contributed by atoms with Crippen molar-refractivity contribution < 1.29 is 4.74 Å². The molecule has 0 unspecified atom stereocenters. The Morgan fingerprint density at radius 3 is 2.57 bits per heavy atom. The maximum absolute atomic E-state index is 5.82. The fourth-order valence-electron chi connectivity index (χ4n) is 2.53. The van der Waals surface area contributed by atoms with Crippen molar-refractivity contribution in [3.05, 3.63) is 47.3 Å². The molecule has 0 aliphatic carbocycles. The van der Waals surface area contributed by atoms with Gasteiger partial charge in [0.25, 0.3) is 0 Å². The minimum atomic E-state index is 0.616. The summed E-state index contributed by atoms with van der Waals surface area (Å²) >= 11 is 3.42. The van der Waals surface area contributed by atoms with Gasteiger partial charge in [-0.15, -0.1) is 0 Å². The van der Waals surface area contributed by atoms with Crippen molar-refractivity contribution in [2.24, 2.45) is 5.92 Å². The number of piperidine rings is 1. The summed E-state index contributed by atoms with van der Waals surface area (Å²) in [6.45, 7) is 2.86. The molecule has 0 bridgehead atoms. The van der Waals surface area contributed by atoms with Gasteiger partial charge in [-0.3, -0.25) is 4.98 Å². The average Bonchev–Trinajstić information content (AvgIpc) is 2.55. The molecule has 0 saturated carbocycles. The maximum Gasteiger partial charge on any atom is 0.128 e. The first kappa shape index (κ1) is 14.3. The first-order valence-electron chi connectivity index (χ1n) is 7.20. The highest BCUT2D eigenvalue weighted by molar-refractivity contribution is 9.10. The van der Waals surface area contributed by atoms with Gasteiger partial charge in [-0.25, -0.2) is 4.98 Å². The van der Waals surface area contributed by atoms with Gasteiger partial charge in [-0.05, 0) is 59.0 Å². The van der Waals surface area contributed by atoms with Gasteiger partial charge < -0.3 is 9.64 Å². The Labute approximate surface area is 133 Å². The molecule has 5 heteroatoms. The van der Waals surface area contributed by atoms with E-state index >= 15 is 0 Å². The van der Waals surface area contributed by atoms with Crippen molar-refractivity contribution in [3.63, 3.8) is 0 Å². The SMILES string of the molecule is Brc1ccc(N2CCC(COc3ccncc3)CC2)nc1. The van der Waals surface area contributed by atoms with Gasteiger partial charge in [0, 0.05) is 36.2 Å². The number of pyridine rings is 2. The van der Waals surface area contributed by atoms with Gasteiger partial charge >= 0.3 is 0 Å². The molecule has 0 aromatic carbocycles. The minimum Gasteiger partial charge on any atom is -0.493 e. The molecule has 3 rings (SSSR count). The van der Waals surface area contributed by atoms with E-state index in [2.05, 4.69) is 36.9 Å². The first-order valence-corrected chi connectivity index (χ1v) is 8.00. The molecule has 1 fully saturated rings. The number of anilines is 1. The number of halogens is 1. The Morgan fingerprint density at radius 2 is 1.90 bits per heavy atom. The summed E-state index contributed by atoms with van der Waals surface area (Å²) < 4.78 is 6.84.